The van der Waals surface area contributed by atoms with Crippen molar-refractivity contribution in [3.8, 4) is 5.75 Å². The van der Waals surface area contributed by atoms with Crippen LogP contribution in [0.15, 0.2) is 24.3 Å². The highest BCUT2D eigenvalue weighted by molar-refractivity contribution is 7.87. The average molecular weight is 355 g/mol. The predicted molar refractivity (Wildman–Crippen MR) is 89.1 cm³/mol. The Bertz CT molecular complexity index is 867. The predicted octanol–water partition coefficient (Wildman–Crippen LogP) is 0.613. The third-order valence-electron chi connectivity index (χ3n) is 3.27. The van der Waals surface area contributed by atoms with E-state index in [0.29, 0.717) is 16.9 Å². The van der Waals surface area contributed by atoms with Crippen LogP contribution in [-0.4, -0.2) is 43.4 Å². The first kappa shape index (κ1) is 17.9. The van der Waals surface area contributed by atoms with Gasteiger partial charge in [-0.25, -0.2) is 0 Å². The number of benzene rings is 1. The topological polar surface area (TPSA) is 128 Å². The number of non-ortho nitro benzene ring substituents is 1. The Morgan fingerprint density at radius 3 is 2.46 bits per heavy atom. The van der Waals surface area contributed by atoms with E-state index < -0.39 is 20.7 Å². The molecular weight excluding hydrogens is 336 g/mol. The van der Waals surface area contributed by atoms with E-state index in [1.165, 1.54) is 22.8 Å². The second-order valence-corrected chi connectivity index (χ2v) is 7.39. The monoisotopic (exact) mass is 355 g/mol. The molecule has 1 aliphatic rings. The zero-order valence-corrected chi connectivity index (χ0v) is 14.5. The minimum Gasteiger partial charge on any atom is -0.483 e. The van der Waals surface area contributed by atoms with Gasteiger partial charge in [0.25, 0.3) is 11.5 Å². The second-order valence-electron chi connectivity index (χ2n) is 6.09. The Kier molecular flexibility index (Phi) is 4.38. The molecule has 0 fully saturated rings. The lowest BCUT2D eigenvalue weighted by Gasteiger charge is -2.30. The third kappa shape index (κ3) is 3.89. The fourth-order valence-corrected chi connectivity index (χ4v) is 2.95. The van der Waals surface area contributed by atoms with Crippen LogP contribution in [0, 0.1) is 10.1 Å². The lowest BCUT2D eigenvalue weighted by atomic mass is 9.93. The number of fused-ring (bicyclic) bond motifs is 1. The van der Waals surface area contributed by atoms with Crippen molar-refractivity contribution >= 4 is 27.3 Å². The van der Waals surface area contributed by atoms with Crippen molar-refractivity contribution in [1.82, 2.24) is 4.72 Å². The molecule has 1 aromatic rings. The molecule has 0 atom stereocenters. The van der Waals surface area contributed by atoms with E-state index in [0.717, 1.165) is 0 Å². The Labute approximate surface area is 139 Å². The molecule has 0 aromatic heterocycles. The third-order valence-corrected chi connectivity index (χ3v) is 3.75. The Morgan fingerprint density at radius 2 is 1.96 bits per heavy atom. The highest BCUT2D eigenvalue weighted by Crippen LogP contribution is 2.38. The van der Waals surface area contributed by atoms with Gasteiger partial charge in [0.1, 0.15) is 11.4 Å². The van der Waals surface area contributed by atoms with Crippen LogP contribution in [0.3, 0.4) is 0 Å². The molecule has 0 amide bonds. The number of ether oxygens (including phenoxy) is 1. The van der Waals surface area contributed by atoms with Crippen molar-refractivity contribution in [1.29, 1.82) is 0 Å². The fourth-order valence-electron chi connectivity index (χ4n) is 2.39. The molecule has 130 valence electrons. The van der Waals surface area contributed by atoms with E-state index >= 15 is 0 Å². The first-order valence-corrected chi connectivity index (χ1v) is 8.50. The standard InChI is InChI=1S/C14H18N4O5S/c1-14(2)8-11(13(17(3)4)16-24(15,21)22)10-7-9(18(19)20)5-6-12(10)23-14/h5-8H,1-4H3,(H2,15,21,22)/p+1. The molecule has 0 aliphatic carbocycles. The summed E-state index contributed by atoms with van der Waals surface area (Å²) in [5.41, 5.74) is -0.0104. The Morgan fingerprint density at radius 1 is 1.33 bits per heavy atom. The number of nitrogens with one attached hydrogen (secondary N) is 1. The van der Waals surface area contributed by atoms with Gasteiger partial charge in [-0.1, -0.05) is 0 Å². The first-order chi connectivity index (χ1) is 10.9. The van der Waals surface area contributed by atoms with E-state index in [-0.39, 0.29) is 11.5 Å². The van der Waals surface area contributed by atoms with Gasteiger partial charge in [-0.3, -0.25) is 14.7 Å². The van der Waals surface area contributed by atoms with Crippen LogP contribution < -0.4 is 14.6 Å². The molecule has 10 heteroatoms. The molecule has 2 rings (SSSR count). The Balaban J connectivity index is 2.71. The van der Waals surface area contributed by atoms with Crippen LogP contribution in [0.2, 0.25) is 0 Å². The van der Waals surface area contributed by atoms with Crippen LogP contribution >= 0.6 is 0 Å². The maximum Gasteiger partial charge on any atom is 0.368 e. The van der Waals surface area contributed by atoms with Crippen LogP contribution in [0.5, 0.6) is 5.75 Å². The molecule has 0 bridgehead atoms. The summed E-state index contributed by atoms with van der Waals surface area (Å²) in [6.07, 6.45) is 1.69. The van der Waals surface area contributed by atoms with Crippen molar-refractivity contribution in [2.45, 2.75) is 19.4 Å². The molecular formula is C14H19N4O5S+. The maximum atomic E-state index is 11.5. The van der Waals surface area contributed by atoms with E-state index in [9.17, 15) is 18.5 Å². The summed E-state index contributed by atoms with van der Waals surface area (Å²) in [6.45, 7) is 3.59. The van der Waals surface area contributed by atoms with Gasteiger partial charge in [-0.05, 0) is 26.0 Å². The van der Waals surface area contributed by atoms with Crippen LogP contribution in [0.4, 0.5) is 5.69 Å². The van der Waals surface area contributed by atoms with Gasteiger partial charge in [0.05, 0.1) is 24.6 Å². The summed E-state index contributed by atoms with van der Waals surface area (Å²) in [4.78, 5) is 10.5. The minimum atomic E-state index is -4.03. The van der Waals surface area contributed by atoms with Crippen LogP contribution in [-0.2, 0) is 10.2 Å². The lowest BCUT2D eigenvalue weighted by molar-refractivity contribution is -0.464. The number of nitrogens with two attached hydrogens (primary N) is 1. The zero-order chi connectivity index (χ0) is 18.3. The number of amidine groups is 1. The lowest BCUT2D eigenvalue weighted by Crippen LogP contribution is -2.42. The second kappa shape index (κ2) is 5.87. The molecule has 0 saturated carbocycles. The van der Waals surface area contributed by atoms with Gasteiger partial charge in [0.15, 0.2) is 0 Å². The molecule has 0 radical (unpaired) electrons. The fraction of sp³-hybridized carbons (Fsp3) is 0.357. The molecule has 1 aromatic carbocycles. The molecule has 0 unspecified atom stereocenters. The normalized spacial score (nSPS) is 15.6. The molecule has 3 N–H and O–H groups in total. The quantitative estimate of drug-likeness (QED) is 0.270. The summed E-state index contributed by atoms with van der Waals surface area (Å²) >= 11 is 0. The summed E-state index contributed by atoms with van der Waals surface area (Å²) < 4.78 is 32.6. The van der Waals surface area contributed by atoms with Crippen LogP contribution in [0.1, 0.15) is 19.4 Å². The van der Waals surface area contributed by atoms with Gasteiger partial charge in [-0.15, -0.1) is 0 Å². The minimum absolute atomic E-state index is 0.128. The number of hydrogen-bond acceptors (Lipinski definition) is 5. The maximum absolute atomic E-state index is 11.5. The first-order valence-electron chi connectivity index (χ1n) is 6.95. The highest BCUT2D eigenvalue weighted by atomic mass is 32.2. The van der Waals surface area contributed by atoms with Gasteiger partial charge >= 0.3 is 10.2 Å². The summed E-state index contributed by atoms with van der Waals surface area (Å²) in [7, 11) is -0.763. The van der Waals surface area contributed by atoms with Gasteiger partial charge < -0.3 is 4.74 Å². The highest BCUT2D eigenvalue weighted by Gasteiger charge is 2.34. The summed E-state index contributed by atoms with van der Waals surface area (Å²) in [5, 5.41) is 16.1. The molecule has 0 saturated heterocycles. The van der Waals surface area contributed by atoms with Crippen molar-refractivity contribution in [2.75, 3.05) is 14.1 Å². The van der Waals surface area contributed by atoms with Crippen molar-refractivity contribution < 1.29 is 22.7 Å². The van der Waals surface area contributed by atoms with E-state index in [1.54, 1.807) is 34.0 Å². The van der Waals surface area contributed by atoms with E-state index in [2.05, 4.69) is 4.72 Å². The zero-order valence-electron chi connectivity index (χ0n) is 13.7. The van der Waals surface area contributed by atoms with Crippen LogP contribution in [0.25, 0.3) is 5.57 Å². The largest absolute Gasteiger partial charge is 0.483 e. The van der Waals surface area contributed by atoms with Crippen molar-refractivity contribution in [2.24, 2.45) is 5.14 Å². The molecule has 0 spiro atoms. The molecule has 1 heterocycles. The number of rotatable bonds is 3. The summed E-state index contributed by atoms with van der Waals surface area (Å²) in [6, 6.07) is 4.16. The van der Waals surface area contributed by atoms with Gasteiger partial charge in [-0.2, -0.15) is 18.3 Å². The summed E-state index contributed by atoms with van der Waals surface area (Å²) in [5.74, 6) is 0.606. The van der Waals surface area contributed by atoms with E-state index in [4.69, 9.17) is 9.88 Å². The average Bonchev–Trinajstić information content (AvgIpc) is 2.41. The van der Waals surface area contributed by atoms with Gasteiger partial charge in [0.2, 0.25) is 0 Å². The molecule has 1 aliphatic heterocycles. The van der Waals surface area contributed by atoms with Crippen molar-refractivity contribution in [3.63, 3.8) is 0 Å². The number of nitrogens with zero attached hydrogens (tertiary/aromatic N) is 2. The van der Waals surface area contributed by atoms with E-state index in [1.807, 2.05) is 0 Å². The molecule has 24 heavy (non-hydrogen) atoms. The van der Waals surface area contributed by atoms with Gasteiger partial charge in [0, 0.05) is 17.7 Å². The number of nitro groups is 1. The SMILES string of the molecule is C[N+](C)=C(NS(N)(=O)=O)C1=CC(C)(C)Oc2ccc([N+](=O)[O-])cc21. The number of nitro benzene ring substituents is 1. The smallest absolute Gasteiger partial charge is 0.368 e. The van der Waals surface area contributed by atoms with Crippen molar-refractivity contribution in [3.05, 3.63) is 40.0 Å². The Hall–Kier alpha value is -2.46. The number of hydrogen-bond donors (Lipinski definition) is 2. The molecule has 9 nitrogen and oxygen atoms in total.